The summed E-state index contributed by atoms with van der Waals surface area (Å²) in [7, 11) is 0. The zero-order valence-corrected chi connectivity index (χ0v) is 21.9. The van der Waals surface area contributed by atoms with Crippen molar-refractivity contribution in [2.45, 2.75) is 19.8 Å². The highest BCUT2D eigenvalue weighted by Crippen LogP contribution is 2.52. The van der Waals surface area contributed by atoms with E-state index >= 15 is 0 Å². The average Bonchev–Trinajstić information content (AvgIpc) is 3.36. The number of halogens is 3. The smallest absolute Gasteiger partial charge is 0.229 e. The van der Waals surface area contributed by atoms with E-state index < -0.39 is 0 Å². The van der Waals surface area contributed by atoms with Crippen molar-refractivity contribution in [1.29, 1.82) is 0 Å². The van der Waals surface area contributed by atoms with Crippen LogP contribution in [0.1, 0.15) is 34.0 Å². The summed E-state index contributed by atoms with van der Waals surface area (Å²) in [4.78, 5) is 0. The SMILES string of the molecule is Cc1nn(-c2ccccc2Cl)c2c1C(c1ccccc1Br)c1c(C)nn(-c3ccccc3Cl)c1O2. The molecule has 0 radical (unpaired) electrons. The lowest BCUT2D eigenvalue weighted by Gasteiger charge is -2.26. The second kappa shape index (κ2) is 8.55. The van der Waals surface area contributed by atoms with Crippen LogP contribution in [0.3, 0.4) is 0 Å². The first-order valence-electron chi connectivity index (χ1n) is 11.1. The molecule has 0 amide bonds. The Labute approximate surface area is 221 Å². The number of aromatic nitrogens is 4. The van der Waals surface area contributed by atoms with Crippen molar-refractivity contribution in [2.75, 3.05) is 0 Å². The zero-order chi connectivity index (χ0) is 24.3. The number of hydrogen-bond donors (Lipinski definition) is 0. The van der Waals surface area contributed by atoms with Gasteiger partial charge in [-0.1, -0.05) is 81.6 Å². The van der Waals surface area contributed by atoms with E-state index in [1.807, 2.05) is 80.6 Å². The van der Waals surface area contributed by atoms with Gasteiger partial charge in [0.2, 0.25) is 11.8 Å². The van der Waals surface area contributed by atoms with Gasteiger partial charge in [-0.2, -0.15) is 19.6 Å². The number of benzene rings is 3. The Hall–Kier alpha value is -3.06. The predicted molar refractivity (Wildman–Crippen MR) is 142 cm³/mol. The maximum atomic E-state index is 6.66. The summed E-state index contributed by atoms with van der Waals surface area (Å²) in [5.41, 5.74) is 6.26. The Kier molecular flexibility index (Phi) is 5.48. The number of nitrogens with zero attached hydrogens (tertiary/aromatic N) is 4. The van der Waals surface area contributed by atoms with Crippen molar-refractivity contribution >= 4 is 39.1 Å². The Balaban J connectivity index is 1.68. The Morgan fingerprint density at radius 1 is 0.714 bits per heavy atom. The summed E-state index contributed by atoms with van der Waals surface area (Å²) in [6.07, 6.45) is 0. The van der Waals surface area contributed by atoms with Gasteiger partial charge in [-0.25, -0.2) is 0 Å². The molecule has 2 aromatic heterocycles. The topological polar surface area (TPSA) is 44.9 Å². The van der Waals surface area contributed by atoms with Crippen LogP contribution < -0.4 is 4.74 Å². The number of fused-ring (bicyclic) bond motifs is 2. The summed E-state index contributed by atoms with van der Waals surface area (Å²) < 4.78 is 11.2. The fraction of sp³-hybridized carbons (Fsp3) is 0.111. The molecule has 6 rings (SSSR count). The molecule has 8 heteroatoms. The van der Waals surface area contributed by atoms with Crippen LogP contribution in [0, 0.1) is 13.8 Å². The average molecular weight is 566 g/mol. The minimum absolute atomic E-state index is 0.156. The monoisotopic (exact) mass is 564 g/mol. The van der Waals surface area contributed by atoms with E-state index in [0.29, 0.717) is 21.8 Å². The van der Waals surface area contributed by atoms with Crippen LogP contribution in [-0.4, -0.2) is 19.6 Å². The molecule has 5 aromatic rings. The van der Waals surface area contributed by atoms with Crippen molar-refractivity contribution in [3.8, 4) is 23.1 Å². The predicted octanol–water partition coefficient (Wildman–Crippen LogP) is 8.03. The highest BCUT2D eigenvalue weighted by atomic mass is 79.9. The lowest BCUT2D eigenvalue weighted by Crippen LogP contribution is -2.15. The van der Waals surface area contributed by atoms with Gasteiger partial charge in [0.15, 0.2) is 0 Å². The summed E-state index contributed by atoms with van der Waals surface area (Å²) in [6, 6.07) is 23.4. The zero-order valence-electron chi connectivity index (χ0n) is 18.8. The van der Waals surface area contributed by atoms with Crippen LogP contribution in [0.4, 0.5) is 0 Å². The molecule has 5 nitrogen and oxygen atoms in total. The highest BCUT2D eigenvalue weighted by Gasteiger charge is 2.40. The fourth-order valence-corrected chi connectivity index (χ4v) is 5.67. The van der Waals surface area contributed by atoms with E-state index in [1.54, 1.807) is 9.36 Å². The molecular weight excluding hydrogens is 547 g/mol. The van der Waals surface area contributed by atoms with Crippen molar-refractivity contribution in [3.05, 3.63) is 115 Å². The third kappa shape index (κ3) is 3.51. The van der Waals surface area contributed by atoms with Crippen molar-refractivity contribution in [2.24, 2.45) is 0 Å². The number of rotatable bonds is 3. The van der Waals surface area contributed by atoms with Gasteiger partial charge < -0.3 is 4.74 Å². The normalized spacial score (nSPS) is 12.8. The number of ether oxygens (including phenoxy) is 1. The standard InChI is InChI=1S/C27H19BrCl2N4O/c1-15-23-25(17-9-3-4-10-18(17)28)24-16(2)32-34(22-14-8-6-12-20(22)30)27(24)35-26(23)33(31-15)21-13-7-5-11-19(21)29/h3-14,25H,1-2H3. The molecule has 0 atom stereocenters. The quantitative estimate of drug-likeness (QED) is 0.218. The van der Waals surface area contributed by atoms with Gasteiger partial charge >= 0.3 is 0 Å². The molecule has 0 unspecified atom stereocenters. The Bertz CT molecular complexity index is 1510. The van der Waals surface area contributed by atoms with Crippen LogP contribution in [0.25, 0.3) is 11.4 Å². The number of hydrogen-bond acceptors (Lipinski definition) is 3. The number of aryl methyl sites for hydroxylation is 2. The third-order valence-corrected chi connectivity index (χ3v) is 7.63. The maximum absolute atomic E-state index is 6.66. The van der Waals surface area contributed by atoms with Gasteiger partial charge in [-0.15, -0.1) is 0 Å². The van der Waals surface area contributed by atoms with Crippen LogP contribution in [-0.2, 0) is 0 Å². The van der Waals surface area contributed by atoms with Gasteiger partial charge in [-0.3, -0.25) is 0 Å². The first-order valence-corrected chi connectivity index (χ1v) is 12.6. The molecule has 1 aliphatic heterocycles. The van der Waals surface area contributed by atoms with Gasteiger partial charge in [0.25, 0.3) is 0 Å². The second-order valence-electron chi connectivity index (χ2n) is 8.39. The van der Waals surface area contributed by atoms with E-state index in [-0.39, 0.29) is 5.92 Å². The first-order chi connectivity index (χ1) is 17.0. The van der Waals surface area contributed by atoms with Crippen molar-refractivity contribution in [1.82, 2.24) is 19.6 Å². The lowest BCUT2D eigenvalue weighted by molar-refractivity contribution is 0.392. The van der Waals surface area contributed by atoms with E-state index in [0.717, 1.165) is 43.9 Å². The molecule has 3 heterocycles. The lowest BCUT2D eigenvalue weighted by atomic mass is 9.84. The van der Waals surface area contributed by atoms with Gasteiger partial charge in [0, 0.05) is 10.4 Å². The molecular formula is C27H19BrCl2N4O. The summed E-state index contributed by atoms with van der Waals surface area (Å²) >= 11 is 16.9. The summed E-state index contributed by atoms with van der Waals surface area (Å²) in [5, 5.41) is 10.9. The summed E-state index contributed by atoms with van der Waals surface area (Å²) in [5.74, 6) is 1.06. The molecule has 0 spiro atoms. The van der Waals surface area contributed by atoms with Crippen LogP contribution in [0.2, 0.25) is 10.0 Å². The highest BCUT2D eigenvalue weighted by molar-refractivity contribution is 9.10. The van der Waals surface area contributed by atoms with Gasteiger partial charge in [0.1, 0.15) is 0 Å². The minimum Gasteiger partial charge on any atom is -0.420 e. The maximum Gasteiger partial charge on any atom is 0.229 e. The molecule has 0 saturated heterocycles. The second-order valence-corrected chi connectivity index (χ2v) is 10.1. The Morgan fingerprint density at radius 3 is 1.66 bits per heavy atom. The molecule has 0 saturated carbocycles. The third-order valence-electron chi connectivity index (χ3n) is 6.27. The summed E-state index contributed by atoms with van der Waals surface area (Å²) in [6.45, 7) is 4.00. The molecule has 3 aromatic carbocycles. The van der Waals surface area contributed by atoms with E-state index in [9.17, 15) is 0 Å². The van der Waals surface area contributed by atoms with Crippen LogP contribution in [0.15, 0.2) is 77.3 Å². The van der Waals surface area contributed by atoms with E-state index in [1.165, 1.54) is 0 Å². The minimum atomic E-state index is -0.156. The molecule has 0 fully saturated rings. The van der Waals surface area contributed by atoms with Crippen molar-refractivity contribution < 1.29 is 4.74 Å². The molecule has 35 heavy (non-hydrogen) atoms. The molecule has 1 aliphatic rings. The molecule has 0 aliphatic carbocycles. The van der Waals surface area contributed by atoms with Gasteiger partial charge in [-0.05, 0) is 49.7 Å². The molecule has 0 N–H and O–H groups in total. The van der Waals surface area contributed by atoms with Crippen LogP contribution >= 0.6 is 39.1 Å². The van der Waals surface area contributed by atoms with Gasteiger partial charge in [0.05, 0.1) is 43.9 Å². The Morgan fingerprint density at radius 2 is 1.17 bits per heavy atom. The fourth-order valence-electron chi connectivity index (χ4n) is 4.73. The molecule has 174 valence electrons. The van der Waals surface area contributed by atoms with E-state index in [4.69, 9.17) is 38.1 Å². The van der Waals surface area contributed by atoms with Crippen LogP contribution in [0.5, 0.6) is 11.8 Å². The molecule has 0 bridgehead atoms. The van der Waals surface area contributed by atoms with E-state index in [2.05, 4.69) is 22.0 Å². The largest absolute Gasteiger partial charge is 0.420 e. The van der Waals surface area contributed by atoms with Crippen molar-refractivity contribution in [3.63, 3.8) is 0 Å². The first kappa shape index (κ1) is 22.4. The number of para-hydroxylation sites is 2.